The van der Waals surface area contributed by atoms with Crippen molar-refractivity contribution in [3.8, 4) is 0 Å². The lowest BCUT2D eigenvalue weighted by molar-refractivity contribution is 0.0692. The van der Waals surface area contributed by atoms with Gasteiger partial charge in [0.15, 0.2) is 11.6 Å². The second kappa shape index (κ2) is 3.36. The van der Waals surface area contributed by atoms with E-state index in [0.29, 0.717) is 0 Å². The maximum absolute atomic E-state index is 13.1. The lowest BCUT2D eigenvalue weighted by atomic mass is 9.88. The molecule has 14 heavy (non-hydrogen) atoms. The van der Waals surface area contributed by atoms with E-state index in [1.807, 2.05) is 0 Å². The number of aromatic carboxylic acids is 1. The van der Waals surface area contributed by atoms with Crippen molar-refractivity contribution in [1.82, 2.24) is 0 Å². The Morgan fingerprint density at radius 3 is 2.14 bits per heavy atom. The highest BCUT2D eigenvalue weighted by molar-refractivity contribution is 6.36. The van der Waals surface area contributed by atoms with Gasteiger partial charge in [0.25, 0.3) is 0 Å². The predicted molar refractivity (Wildman–Crippen MR) is 43.4 cm³/mol. The number of hydrogen-bond donors (Lipinski definition) is 1. The molecule has 0 aromatic heterocycles. The third-order valence-corrected chi connectivity index (χ3v) is 1.79. The number of carboxylic acid groups (broad SMARTS) is 1. The maximum atomic E-state index is 13.1. The van der Waals surface area contributed by atoms with Crippen LogP contribution in [0.1, 0.15) is 15.9 Å². The van der Waals surface area contributed by atoms with Gasteiger partial charge in [-0.3, -0.25) is 0 Å². The van der Waals surface area contributed by atoms with Crippen LogP contribution in [0.5, 0.6) is 0 Å². The fraction of sp³-hybridized carbons (Fsp3) is 0.125. The molecule has 1 rings (SSSR count). The number of rotatable bonds is 1. The van der Waals surface area contributed by atoms with E-state index in [9.17, 15) is 18.0 Å². The first kappa shape index (κ1) is 10.6. The lowest BCUT2D eigenvalue weighted by Gasteiger charge is -2.08. The second-order valence-corrected chi connectivity index (χ2v) is 2.66. The summed E-state index contributed by atoms with van der Waals surface area (Å²) in [5.74, 6) is -6.10. The van der Waals surface area contributed by atoms with Crippen molar-refractivity contribution < 1.29 is 23.1 Å². The van der Waals surface area contributed by atoms with Crippen molar-refractivity contribution in [2.75, 3.05) is 0 Å². The second-order valence-electron chi connectivity index (χ2n) is 2.66. The zero-order valence-electron chi connectivity index (χ0n) is 7.07. The Kier molecular flexibility index (Phi) is 2.55. The third kappa shape index (κ3) is 1.36. The SMILES string of the molecule is [B]c1c(F)c(F)c(C)c(F)c1C(=O)O. The Balaban J connectivity index is 3.68. The average molecular weight is 200 g/mol. The summed E-state index contributed by atoms with van der Waals surface area (Å²) in [5.41, 5.74) is -2.77. The minimum atomic E-state index is -1.73. The summed E-state index contributed by atoms with van der Waals surface area (Å²) in [6.07, 6.45) is 0. The number of hydrogen-bond acceptors (Lipinski definition) is 1. The van der Waals surface area contributed by atoms with Gasteiger partial charge in [-0.1, -0.05) is 0 Å². The summed E-state index contributed by atoms with van der Waals surface area (Å²) in [6, 6.07) is 0. The van der Waals surface area contributed by atoms with Crippen LogP contribution in [0.4, 0.5) is 13.2 Å². The Bertz CT molecular complexity index is 389. The van der Waals surface area contributed by atoms with Gasteiger partial charge in [0.1, 0.15) is 13.7 Å². The van der Waals surface area contributed by atoms with Crippen molar-refractivity contribution in [1.29, 1.82) is 0 Å². The first-order chi connectivity index (χ1) is 6.37. The molecule has 0 heterocycles. The molecule has 0 unspecified atom stereocenters. The molecular formula is C8H4BF3O2. The highest BCUT2D eigenvalue weighted by atomic mass is 19.2. The molecule has 1 N–H and O–H groups in total. The Morgan fingerprint density at radius 1 is 1.21 bits per heavy atom. The van der Waals surface area contributed by atoms with E-state index in [-0.39, 0.29) is 0 Å². The van der Waals surface area contributed by atoms with Crippen molar-refractivity contribution in [3.63, 3.8) is 0 Å². The molecule has 0 aliphatic rings. The maximum Gasteiger partial charge on any atom is 0.338 e. The van der Waals surface area contributed by atoms with Gasteiger partial charge in [0.2, 0.25) is 0 Å². The molecule has 0 aliphatic carbocycles. The molecule has 0 spiro atoms. The molecule has 0 bridgehead atoms. The van der Waals surface area contributed by atoms with Crippen LogP contribution in [-0.2, 0) is 0 Å². The van der Waals surface area contributed by atoms with Crippen LogP contribution in [0.3, 0.4) is 0 Å². The lowest BCUT2D eigenvalue weighted by Crippen LogP contribution is -2.24. The fourth-order valence-corrected chi connectivity index (χ4v) is 1.00. The molecule has 1 aromatic carbocycles. The zero-order chi connectivity index (χ0) is 11.0. The smallest absolute Gasteiger partial charge is 0.338 e. The van der Waals surface area contributed by atoms with Crippen molar-refractivity contribution >= 4 is 19.3 Å². The largest absolute Gasteiger partial charge is 0.478 e. The number of halogens is 3. The Hall–Kier alpha value is -1.46. The van der Waals surface area contributed by atoms with Crippen LogP contribution < -0.4 is 5.46 Å². The van der Waals surface area contributed by atoms with Gasteiger partial charge in [-0.15, -0.1) is 0 Å². The van der Waals surface area contributed by atoms with Gasteiger partial charge < -0.3 is 5.11 Å². The van der Waals surface area contributed by atoms with Gasteiger partial charge in [-0.05, 0) is 12.4 Å². The van der Waals surface area contributed by atoms with E-state index in [2.05, 4.69) is 0 Å². The zero-order valence-corrected chi connectivity index (χ0v) is 7.07. The molecule has 72 valence electrons. The first-order valence-corrected chi connectivity index (χ1v) is 3.53. The van der Waals surface area contributed by atoms with E-state index in [1.54, 1.807) is 0 Å². The van der Waals surface area contributed by atoms with Crippen LogP contribution in [-0.4, -0.2) is 18.9 Å². The Morgan fingerprint density at radius 2 is 1.71 bits per heavy atom. The molecule has 2 radical (unpaired) electrons. The summed E-state index contributed by atoms with van der Waals surface area (Å²) in [7, 11) is 4.92. The van der Waals surface area contributed by atoms with Crippen LogP contribution in [0.15, 0.2) is 0 Å². The normalized spacial score (nSPS) is 10.3. The molecule has 0 atom stereocenters. The van der Waals surface area contributed by atoms with Gasteiger partial charge in [0.05, 0.1) is 5.56 Å². The fourth-order valence-electron chi connectivity index (χ4n) is 1.00. The summed E-state index contributed by atoms with van der Waals surface area (Å²) in [6.45, 7) is 0.930. The molecule has 0 saturated carbocycles. The molecule has 1 aromatic rings. The van der Waals surface area contributed by atoms with Crippen LogP contribution in [0.25, 0.3) is 0 Å². The van der Waals surface area contributed by atoms with E-state index < -0.39 is 40.0 Å². The van der Waals surface area contributed by atoms with Gasteiger partial charge in [-0.2, -0.15) is 0 Å². The summed E-state index contributed by atoms with van der Waals surface area (Å²) < 4.78 is 38.8. The number of carboxylic acids is 1. The van der Waals surface area contributed by atoms with Crippen LogP contribution in [0.2, 0.25) is 0 Å². The van der Waals surface area contributed by atoms with E-state index in [4.69, 9.17) is 13.0 Å². The summed E-state index contributed by atoms with van der Waals surface area (Å²) >= 11 is 0. The van der Waals surface area contributed by atoms with Crippen LogP contribution in [0, 0.1) is 24.4 Å². The minimum absolute atomic E-state index is 0.700. The first-order valence-electron chi connectivity index (χ1n) is 3.53. The van der Waals surface area contributed by atoms with Gasteiger partial charge in [-0.25, -0.2) is 18.0 Å². The van der Waals surface area contributed by atoms with Crippen molar-refractivity contribution in [2.45, 2.75) is 6.92 Å². The number of benzene rings is 1. The average Bonchev–Trinajstić information content (AvgIpc) is 2.11. The summed E-state index contributed by atoms with van der Waals surface area (Å²) in [5, 5.41) is 8.48. The molecular weight excluding hydrogens is 196 g/mol. The predicted octanol–water partition coefficient (Wildman–Crippen LogP) is 0.904. The van der Waals surface area contributed by atoms with E-state index in [1.165, 1.54) is 0 Å². The van der Waals surface area contributed by atoms with Gasteiger partial charge in [0, 0.05) is 5.56 Å². The highest BCUT2D eigenvalue weighted by Gasteiger charge is 2.23. The third-order valence-electron chi connectivity index (χ3n) is 1.79. The molecule has 0 fully saturated rings. The van der Waals surface area contributed by atoms with E-state index in [0.717, 1.165) is 6.92 Å². The van der Waals surface area contributed by atoms with Crippen molar-refractivity contribution in [3.05, 3.63) is 28.6 Å². The van der Waals surface area contributed by atoms with Gasteiger partial charge >= 0.3 is 5.97 Å². The van der Waals surface area contributed by atoms with Crippen molar-refractivity contribution in [2.24, 2.45) is 0 Å². The van der Waals surface area contributed by atoms with Crippen LogP contribution >= 0.6 is 0 Å². The minimum Gasteiger partial charge on any atom is -0.478 e. The summed E-state index contributed by atoms with van der Waals surface area (Å²) in [4.78, 5) is 10.4. The topological polar surface area (TPSA) is 37.3 Å². The molecule has 0 aliphatic heterocycles. The monoisotopic (exact) mass is 200 g/mol. The molecule has 2 nitrogen and oxygen atoms in total. The number of carbonyl (C=O) groups is 1. The molecule has 6 heteroatoms. The standard InChI is InChI=1S/C8H4BF3O2/c1-2-5(10)3(8(13)14)4(9)7(12)6(2)11/h1H3,(H,13,14). The Labute approximate surface area is 78.8 Å². The van der Waals surface area contributed by atoms with E-state index >= 15 is 0 Å². The highest BCUT2D eigenvalue weighted by Crippen LogP contribution is 2.16. The quantitative estimate of drug-likeness (QED) is 0.540. The molecule has 0 saturated heterocycles. The molecule has 0 amide bonds.